The van der Waals surface area contributed by atoms with Gasteiger partial charge in [0.1, 0.15) is 5.75 Å². The Labute approximate surface area is 130 Å². The number of pyridine rings is 1. The molecule has 116 valence electrons. The SMILES string of the molecule is CC(C)COc1ccccc1NC(=O)NCc1cccnc1. The number of carbonyl (C=O) groups is 1. The number of hydrogen-bond donors (Lipinski definition) is 2. The Morgan fingerprint density at radius 2 is 2.05 bits per heavy atom. The van der Waals surface area contributed by atoms with Crippen LogP contribution in [0.25, 0.3) is 0 Å². The van der Waals surface area contributed by atoms with Crippen LogP contribution in [0.5, 0.6) is 5.75 Å². The third-order valence-corrected chi connectivity index (χ3v) is 2.88. The van der Waals surface area contributed by atoms with Gasteiger partial charge in [-0.25, -0.2) is 4.79 Å². The number of amides is 2. The first-order valence-electron chi connectivity index (χ1n) is 7.30. The van der Waals surface area contributed by atoms with Crippen LogP contribution in [0.2, 0.25) is 0 Å². The quantitative estimate of drug-likeness (QED) is 0.859. The van der Waals surface area contributed by atoms with Crippen molar-refractivity contribution in [3.8, 4) is 5.75 Å². The molecule has 2 N–H and O–H groups in total. The van der Waals surface area contributed by atoms with Crippen molar-refractivity contribution in [3.05, 3.63) is 54.4 Å². The van der Waals surface area contributed by atoms with Gasteiger partial charge in [-0.2, -0.15) is 0 Å². The lowest BCUT2D eigenvalue weighted by atomic mass is 10.2. The zero-order valence-corrected chi connectivity index (χ0v) is 12.9. The third kappa shape index (κ3) is 5.09. The standard InChI is InChI=1S/C17H21N3O2/c1-13(2)12-22-16-8-4-3-7-15(16)20-17(21)19-11-14-6-5-9-18-10-14/h3-10,13H,11-12H2,1-2H3,(H2,19,20,21). The Kier molecular flexibility index (Phi) is 5.77. The molecule has 0 aliphatic rings. The van der Waals surface area contributed by atoms with E-state index >= 15 is 0 Å². The molecule has 1 aromatic carbocycles. The maximum atomic E-state index is 12.0. The van der Waals surface area contributed by atoms with Crippen molar-refractivity contribution in [2.45, 2.75) is 20.4 Å². The summed E-state index contributed by atoms with van der Waals surface area (Å²) in [6, 6.07) is 10.9. The average Bonchev–Trinajstić information content (AvgIpc) is 2.53. The number of hydrogen-bond acceptors (Lipinski definition) is 3. The highest BCUT2D eigenvalue weighted by Gasteiger charge is 2.07. The van der Waals surface area contributed by atoms with Crippen molar-refractivity contribution in [3.63, 3.8) is 0 Å². The molecule has 2 rings (SSSR count). The molecule has 1 aromatic heterocycles. The topological polar surface area (TPSA) is 63.2 Å². The maximum Gasteiger partial charge on any atom is 0.319 e. The molecule has 2 amide bonds. The Morgan fingerprint density at radius 3 is 2.77 bits per heavy atom. The van der Waals surface area contributed by atoms with Gasteiger partial charge in [0.15, 0.2) is 0 Å². The minimum Gasteiger partial charge on any atom is -0.491 e. The largest absolute Gasteiger partial charge is 0.491 e. The second-order valence-electron chi connectivity index (χ2n) is 5.37. The fourth-order valence-electron chi connectivity index (χ4n) is 1.80. The molecular weight excluding hydrogens is 278 g/mol. The molecule has 1 heterocycles. The van der Waals surface area contributed by atoms with Gasteiger partial charge in [0.25, 0.3) is 0 Å². The van der Waals surface area contributed by atoms with Crippen LogP contribution in [0.1, 0.15) is 19.4 Å². The molecule has 5 nitrogen and oxygen atoms in total. The van der Waals surface area contributed by atoms with Crippen LogP contribution in [-0.2, 0) is 6.54 Å². The van der Waals surface area contributed by atoms with Crippen molar-refractivity contribution >= 4 is 11.7 Å². The van der Waals surface area contributed by atoms with Crippen molar-refractivity contribution < 1.29 is 9.53 Å². The number of para-hydroxylation sites is 2. The predicted molar refractivity (Wildman–Crippen MR) is 86.9 cm³/mol. The van der Waals surface area contributed by atoms with Gasteiger partial charge in [-0.3, -0.25) is 4.98 Å². The fraction of sp³-hybridized carbons (Fsp3) is 0.294. The smallest absolute Gasteiger partial charge is 0.319 e. The van der Waals surface area contributed by atoms with E-state index in [2.05, 4.69) is 29.5 Å². The third-order valence-electron chi connectivity index (χ3n) is 2.88. The zero-order chi connectivity index (χ0) is 15.8. The lowest BCUT2D eigenvalue weighted by Crippen LogP contribution is -2.28. The van der Waals surface area contributed by atoms with E-state index in [1.807, 2.05) is 36.4 Å². The molecule has 5 heteroatoms. The summed E-state index contributed by atoms with van der Waals surface area (Å²) in [7, 11) is 0. The zero-order valence-electron chi connectivity index (χ0n) is 12.9. The highest BCUT2D eigenvalue weighted by molar-refractivity contribution is 5.90. The molecule has 0 bridgehead atoms. The molecule has 0 atom stereocenters. The second-order valence-corrected chi connectivity index (χ2v) is 5.37. The van der Waals surface area contributed by atoms with E-state index in [9.17, 15) is 4.79 Å². The number of carbonyl (C=O) groups excluding carboxylic acids is 1. The molecule has 0 fully saturated rings. The van der Waals surface area contributed by atoms with Crippen LogP contribution >= 0.6 is 0 Å². The number of rotatable bonds is 6. The van der Waals surface area contributed by atoms with Crippen LogP contribution in [0.3, 0.4) is 0 Å². The summed E-state index contributed by atoms with van der Waals surface area (Å²) in [4.78, 5) is 16.0. The van der Waals surface area contributed by atoms with Gasteiger partial charge in [0.05, 0.1) is 12.3 Å². The normalized spacial score (nSPS) is 10.3. The van der Waals surface area contributed by atoms with Crippen molar-refractivity contribution in [2.75, 3.05) is 11.9 Å². The van der Waals surface area contributed by atoms with E-state index in [0.29, 0.717) is 30.5 Å². The lowest BCUT2D eigenvalue weighted by Gasteiger charge is -2.14. The van der Waals surface area contributed by atoms with E-state index in [1.165, 1.54) is 0 Å². The number of nitrogens with one attached hydrogen (secondary N) is 2. The lowest BCUT2D eigenvalue weighted by molar-refractivity contribution is 0.251. The second kappa shape index (κ2) is 8.02. The van der Waals surface area contributed by atoms with Crippen LogP contribution < -0.4 is 15.4 Å². The van der Waals surface area contributed by atoms with Gasteiger partial charge in [-0.05, 0) is 29.7 Å². The molecule has 0 aliphatic carbocycles. The number of urea groups is 1. The first-order chi connectivity index (χ1) is 10.6. The van der Waals surface area contributed by atoms with Crippen LogP contribution in [0.15, 0.2) is 48.8 Å². The summed E-state index contributed by atoms with van der Waals surface area (Å²) >= 11 is 0. The van der Waals surface area contributed by atoms with Gasteiger partial charge in [0, 0.05) is 18.9 Å². The van der Waals surface area contributed by atoms with Gasteiger partial charge in [-0.1, -0.05) is 32.0 Å². The van der Waals surface area contributed by atoms with Gasteiger partial charge >= 0.3 is 6.03 Å². The Morgan fingerprint density at radius 1 is 1.23 bits per heavy atom. The van der Waals surface area contributed by atoms with E-state index in [4.69, 9.17) is 4.74 Å². The summed E-state index contributed by atoms with van der Waals surface area (Å²) in [5, 5.41) is 5.60. The monoisotopic (exact) mass is 299 g/mol. The van der Waals surface area contributed by atoms with Crippen molar-refractivity contribution in [2.24, 2.45) is 5.92 Å². The summed E-state index contributed by atoms with van der Waals surface area (Å²) in [6.45, 7) is 5.19. The summed E-state index contributed by atoms with van der Waals surface area (Å²) < 4.78 is 5.71. The van der Waals surface area contributed by atoms with E-state index < -0.39 is 0 Å². The summed E-state index contributed by atoms with van der Waals surface area (Å²) in [5.41, 5.74) is 1.61. The molecule has 0 saturated heterocycles. The number of aromatic nitrogens is 1. The van der Waals surface area contributed by atoms with Gasteiger partial charge in [-0.15, -0.1) is 0 Å². The molecule has 0 spiro atoms. The molecular formula is C17H21N3O2. The highest BCUT2D eigenvalue weighted by Crippen LogP contribution is 2.24. The van der Waals surface area contributed by atoms with E-state index in [1.54, 1.807) is 12.4 Å². The van der Waals surface area contributed by atoms with Crippen molar-refractivity contribution in [1.29, 1.82) is 0 Å². The Balaban J connectivity index is 1.91. The van der Waals surface area contributed by atoms with E-state index in [0.717, 1.165) is 5.56 Å². The minimum atomic E-state index is -0.274. The summed E-state index contributed by atoms with van der Waals surface area (Å²) in [6.07, 6.45) is 3.42. The van der Waals surface area contributed by atoms with Crippen LogP contribution in [0.4, 0.5) is 10.5 Å². The highest BCUT2D eigenvalue weighted by atomic mass is 16.5. The molecule has 22 heavy (non-hydrogen) atoms. The number of nitrogens with zero attached hydrogens (tertiary/aromatic N) is 1. The molecule has 0 saturated carbocycles. The first-order valence-corrected chi connectivity index (χ1v) is 7.30. The fourth-order valence-corrected chi connectivity index (χ4v) is 1.80. The molecule has 0 unspecified atom stereocenters. The van der Waals surface area contributed by atoms with Crippen LogP contribution in [0, 0.1) is 5.92 Å². The van der Waals surface area contributed by atoms with E-state index in [-0.39, 0.29) is 6.03 Å². The number of ether oxygens (including phenoxy) is 1. The molecule has 0 radical (unpaired) electrons. The maximum absolute atomic E-state index is 12.0. The average molecular weight is 299 g/mol. The minimum absolute atomic E-state index is 0.274. The Hall–Kier alpha value is -2.56. The number of benzene rings is 1. The van der Waals surface area contributed by atoms with Crippen LogP contribution in [-0.4, -0.2) is 17.6 Å². The van der Waals surface area contributed by atoms with Gasteiger partial charge in [0.2, 0.25) is 0 Å². The summed E-state index contributed by atoms with van der Waals surface area (Å²) in [5.74, 6) is 1.10. The first kappa shape index (κ1) is 15.8. The number of anilines is 1. The van der Waals surface area contributed by atoms with Crippen molar-refractivity contribution in [1.82, 2.24) is 10.3 Å². The predicted octanol–water partition coefficient (Wildman–Crippen LogP) is 3.44. The molecule has 0 aliphatic heterocycles. The Bertz CT molecular complexity index is 600. The van der Waals surface area contributed by atoms with Gasteiger partial charge < -0.3 is 15.4 Å². The molecule has 2 aromatic rings.